The van der Waals surface area contributed by atoms with Gasteiger partial charge in [0, 0.05) is 13.0 Å². The minimum atomic E-state index is -0.362. The average Bonchev–Trinajstić information content (AvgIpc) is 2.93. The number of aliphatic hydroxyl groups is 1. The number of rotatable bonds is 12. The van der Waals surface area contributed by atoms with E-state index in [0.717, 1.165) is 31.9 Å². The Labute approximate surface area is 137 Å². The Hall–Kier alpha value is -0.670. The van der Waals surface area contributed by atoms with Gasteiger partial charge in [0.1, 0.15) is 6.54 Å². The summed E-state index contributed by atoms with van der Waals surface area (Å²) in [5.74, 6) is 1.07. The summed E-state index contributed by atoms with van der Waals surface area (Å²) in [7, 11) is 0. The summed E-state index contributed by atoms with van der Waals surface area (Å²) in [5, 5.41) is 10.1. The first-order valence-electron chi connectivity index (χ1n) is 9.43. The molecule has 0 aliphatic carbocycles. The highest BCUT2D eigenvalue weighted by molar-refractivity contribution is 5.88. The Balaban J connectivity index is 2.18. The van der Waals surface area contributed by atoms with Crippen molar-refractivity contribution in [1.82, 2.24) is 0 Å². The predicted molar refractivity (Wildman–Crippen MR) is 96.0 cm³/mol. The number of quaternary nitrogens is 1. The average molecular weight is 310 g/mol. The van der Waals surface area contributed by atoms with E-state index in [1.165, 1.54) is 51.4 Å². The zero-order valence-corrected chi connectivity index (χ0v) is 15.1. The second kappa shape index (κ2) is 11.0. The van der Waals surface area contributed by atoms with Crippen molar-refractivity contribution in [3.05, 3.63) is 12.2 Å². The van der Waals surface area contributed by atoms with Crippen molar-refractivity contribution >= 4 is 5.84 Å². The Kier molecular flexibility index (Phi) is 9.65. The Morgan fingerprint density at radius 2 is 1.73 bits per heavy atom. The number of nitrogens with zero attached hydrogens (tertiary/aromatic N) is 2. The SMILES string of the molecule is CCCCCCCCCC/C=C/C1=NCC[N+]1(CC)C(C)O. The molecule has 0 radical (unpaired) electrons. The zero-order chi connectivity index (χ0) is 16.3. The molecule has 2 atom stereocenters. The van der Waals surface area contributed by atoms with Gasteiger partial charge in [0.2, 0.25) is 5.84 Å². The maximum Gasteiger partial charge on any atom is 0.224 e. The highest BCUT2D eigenvalue weighted by Crippen LogP contribution is 2.20. The van der Waals surface area contributed by atoms with Crippen LogP contribution in [0.1, 0.15) is 78.6 Å². The Morgan fingerprint density at radius 1 is 1.09 bits per heavy atom. The number of hydrogen-bond donors (Lipinski definition) is 1. The molecule has 1 aliphatic heterocycles. The van der Waals surface area contributed by atoms with Crippen molar-refractivity contribution in [2.75, 3.05) is 19.6 Å². The highest BCUT2D eigenvalue weighted by Gasteiger charge is 2.39. The minimum absolute atomic E-state index is 0.362. The molecule has 1 N–H and O–H groups in total. The number of hydrogen-bond acceptors (Lipinski definition) is 2. The predicted octanol–water partition coefficient (Wildman–Crippen LogP) is 4.66. The topological polar surface area (TPSA) is 32.6 Å². The molecule has 2 unspecified atom stereocenters. The van der Waals surface area contributed by atoms with E-state index < -0.39 is 0 Å². The van der Waals surface area contributed by atoms with Crippen molar-refractivity contribution in [3.8, 4) is 0 Å². The van der Waals surface area contributed by atoms with Gasteiger partial charge in [0.15, 0.2) is 6.23 Å². The maximum atomic E-state index is 10.1. The molecule has 1 heterocycles. The third-order valence-corrected chi connectivity index (χ3v) is 5.00. The number of allylic oxidation sites excluding steroid dienone is 1. The summed E-state index contributed by atoms with van der Waals surface area (Å²) < 4.78 is 0.633. The highest BCUT2D eigenvalue weighted by atomic mass is 16.3. The van der Waals surface area contributed by atoms with E-state index in [2.05, 4.69) is 31.0 Å². The summed E-state index contributed by atoms with van der Waals surface area (Å²) in [6.45, 7) is 8.99. The summed E-state index contributed by atoms with van der Waals surface area (Å²) in [6.07, 6.45) is 16.1. The zero-order valence-electron chi connectivity index (χ0n) is 15.1. The van der Waals surface area contributed by atoms with Crippen molar-refractivity contribution in [3.63, 3.8) is 0 Å². The third kappa shape index (κ3) is 5.85. The normalized spacial score (nSPS) is 23.2. The van der Waals surface area contributed by atoms with Crippen molar-refractivity contribution in [1.29, 1.82) is 0 Å². The number of unbranched alkanes of at least 4 members (excludes halogenated alkanes) is 8. The number of likely N-dealkylation sites (N-methyl/N-ethyl adjacent to an activating group) is 1. The fraction of sp³-hybridized carbons (Fsp3) is 0.842. The lowest BCUT2D eigenvalue weighted by molar-refractivity contribution is -0.880. The van der Waals surface area contributed by atoms with Crippen LogP contribution >= 0.6 is 0 Å². The molecular formula is C19H37N2O+. The lowest BCUT2D eigenvalue weighted by Gasteiger charge is -2.35. The molecule has 22 heavy (non-hydrogen) atoms. The van der Waals surface area contributed by atoms with E-state index in [0.29, 0.717) is 4.48 Å². The first kappa shape index (κ1) is 19.4. The van der Waals surface area contributed by atoms with Crippen LogP contribution in [0.5, 0.6) is 0 Å². The molecule has 0 saturated heterocycles. The van der Waals surface area contributed by atoms with Gasteiger partial charge in [-0.05, 0) is 19.8 Å². The van der Waals surface area contributed by atoms with Crippen LogP contribution in [0.4, 0.5) is 0 Å². The van der Waals surface area contributed by atoms with Crippen molar-refractivity contribution < 1.29 is 9.59 Å². The quantitative estimate of drug-likeness (QED) is 0.413. The molecule has 0 bridgehead atoms. The number of amidine groups is 1. The van der Waals surface area contributed by atoms with E-state index in [1.54, 1.807) is 0 Å². The van der Waals surface area contributed by atoms with E-state index in [1.807, 2.05) is 6.92 Å². The molecule has 0 amide bonds. The molecular weight excluding hydrogens is 272 g/mol. The van der Waals surface area contributed by atoms with Crippen LogP contribution in [-0.4, -0.2) is 41.3 Å². The summed E-state index contributed by atoms with van der Waals surface area (Å²) in [5.41, 5.74) is 0. The Morgan fingerprint density at radius 3 is 2.32 bits per heavy atom. The van der Waals surface area contributed by atoms with Gasteiger partial charge in [0.05, 0.1) is 13.1 Å². The standard InChI is InChI=1S/C19H37N2O/c1-4-6-7-8-9-10-11-12-13-14-15-19-20-16-17-21(19,5-2)18(3)22/h14-15,18,22H,4-13,16-17H2,1-3H3/q+1/b15-14+. The smallest absolute Gasteiger partial charge is 0.224 e. The molecule has 128 valence electrons. The van der Waals surface area contributed by atoms with Gasteiger partial charge in [-0.25, -0.2) is 9.48 Å². The van der Waals surface area contributed by atoms with Gasteiger partial charge >= 0.3 is 0 Å². The second-order valence-electron chi connectivity index (χ2n) is 6.61. The maximum absolute atomic E-state index is 10.1. The molecule has 0 aromatic carbocycles. The van der Waals surface area contributed by atoms with Crippen LogP contribution in [0.25, 0.3) is 0 Å². The fourth-order valence-corrected chi connectivity index (χ4v) is 3.35. The first-order valence-corrected chi connectivity index (χ1v) is 9.43. The summed E-state index contributed by atoms with van der Waals surface area (Å²) in [4.78, 5) is 4.60. The van der Waals surface area contributed by atoms with Gasteiger partial charge in [-0.15, -0.1) is 0 Å². The van der Waals surface area contributed by atoms with Gasteiger partial charge in [-0.2, -0.15) is 0 Å². The van der Waals surface area contributed by atoms with Gasteiger partial charge in [-0.3, -0.25) is 0 Å². The van der Waals surface area contributed by atoms with Crippen molar-refractivity contribution in [2.45, 2.75) is 84.8 Å². The molecule has 3 heteroatoms. The number of aliphatic imine (C=N–C) groups is 1. The largest absolute Gasteiger partial charge is 0.345 e. The molecule has 1 rings (SSSR count). The molecule has 0 fully saturated rings. The minimum Gasteiger partial charge on any atom is -0.345 e. The lowest BCUT2D eigenvalue weighted by atomic mass is 10.1. The molecule has 0 aromatic heterocycles. The molecule has 0 saturated carbocycles. The molecule has 0 spiro atoms. The second-order valence-corrected chi connectivity index (χ2v) is 6.61. The van der Waals surface area contributed by atoms with Crippen LogP contribution in [0, 0.1) is 0 Å². The van der Waals surface area contributed by atoms with E-state index in [9.17, 15) is 5.11 Å². The van der Waals surface area contributed by atoms with Gasteiger partial charge < -0.3 is 5.11 Å². The van der Waals surface area contributed by atoms with E-state index in [-0.39, 0.29) is 6.23 Å². The summed E-state index contributed by atoms with van der Waals surface area (Å²) in [6, 6.07) is 0. The van der Waals surface area contributed by atoms with Crippen LogP contribution in [0.15, 0.2) is 17.1 Å². The van der Waals surface area contributed by atoms with Crippen molar-refractivity contribution in [2.24, 2.45) is 4.99 Å². The molecule has 0 aromatic rings. The fourth-order valence-electron chi connectivity index (χ4n) is 3.35. The third-order valence-electron chi connectivity index (χ3n) is 5.00. The molecule has 1 aliphatic rings. The molecule has 3 nitrogen and oxygen atoms in total. The van der Waals surface area contributed by atoms with Crippen LogP contribution < -0.4 is 0 Å². The van der Waals surface area contributed by atoms with Gasteiger partial charge in [-0.1, -0.05) is 57.9 Å². The van der Waals surface area contributed by atoms with Crippen LogP contribution in [0.3, 0.4) is 0 Å². The van der Waals surface area contributed by atoms with E-state index in [4.69, 9.17) is 0 Å². The monoisotopic (exact) mass is 309 g/mol. The van der Waals surface area contributed by atoms with Crippen LogP contribution in [0.2, 0.25) is 0 Å². The van der Waals surface area contributed by atoms with E-state index >= 15 is 0 Å². The van der Waals surface area contributed by atoms with Crippen LogP contribution in [-0.2, 0) is 0 Å². The summed E-state index contributed by atoms with van der Waals surface area (Å²) >= 11 is 0. The lowest BCUT2D eigenvalue weighted by Crippen LogP contribution is -2.56. The Bertz CT molecular complexity index is 349. The number of aliphatic hydroxyl groups excluding tert-OH is 1. The first-order chi connectivity index (χ1) is 10.7. The van der Waals surface area contributed by atoms with Gasteiger partial charge in [0.25, 0.3) is 0 Å².